The van der Waals surface area contributed by atoms with Gasteiger partial charge >= 0.3 is 0 Å². The largest absolute Gasteiger partial charge is 0.286 e. The molecule has 1 amide bonds. The Morgan fingerprint density at radius 3 is 2.43 bits per heavy atom. The molecular weight excluding hydrogens is 396 g/mol. The van der Waals surface area contributed by atoms with Gasteiger partial charge in [0.05, 0.1) is 16.4 Å². The Kier molecular flexibility index (Phi) is 5.09. The van der Waals surface area contributed by atoms with Gasteiger partial charge in [-0.2, -0.15) is 5.10 Å². The molecule has 1 aromatic heterocycles. The van der Waals surface area contributed by atoms with Gasteiger partial charge in [0.1, 0.15) is 0 Å². The predicted molar refractivity (Wildman–Crippen MR) is 119 cm³/mol. The molecule has 30 heavy (non-hydrogen) atoms. The summed E-state index contributed by atoms with van der Waals surface area (Å²) in [6.07, 6.45) is 4.76. The highest BCUT2D eigenvalue weighted by atomic mass is 35.5. The summed E-state index contributed by atoms with van der Waals surface area (Å²) in [5.41, 5.74) is 8.38. The Balaban J connectivity index is 1.58. The van der Waals surface area contributed by atoms with Crippen molar-refractivity contribution in [3.05, 3.63) is 70.4 Å². The minimum atomic E-state index is -0.170. The quantitative estimate of drug-likeness (QED) is 0.623. The van der Waals surface area contributed by atoms with Crippen molar-refractivity contribution < 1.29 is 4.79 Å². The van der Waals surface area contributed by atoms with E-state index in [-0.39, 0.29) is 5.91 Å². The molecule has 0 bridgehead atoms. The molecule has 2 aliphatic rings. The Bertz CT molecular complexity index is 1080. The third-order valence-corrected chi connectivity index (χ3v) is 6.34. The van der Waals surface area contributed by atoms with Gasteiger partial charge in [0.15, 0.2) is 5.69 Å². The van der Waals surface area contributed by atoms with Crippen LogP contribution in [0.5, 0.6) is 0 Å². The molecule has 1 aliphatic heterocycles. The van der Waals surface area contributed by atoms with Gasteiger partial charge in [0.2, 0.25) is 0 Å². The molecule has 5 nitrogen and oxygen atoms in total. The molecule has 3 aromatic rings. The molecule has 6 heteroatoms. The smallest absolute Gasteiger partial charge is 0.283 e. The second-order valence-electron chi connectivity index (χ2n) is 8.22. The van der Waals surface area contributed by atoms with Gasteiger partial charge in [-0.3, -0.25) is 10.2 Å². The lowest BCUT2D eigenvalue weighted by atomic mass is 10.0. The molecule has 1 aliphatic carbocycles. The van der Waals surface area contributed by atoms with E-state index in [1.54, 1.807) is 0 Å². The molecule has 0 radical (unpaired) electrons. The molecule has 2 heterocycles. The predicted octanol–water partition coefficient (Wildman–Crippen LogP) is 5.12. The average molecular weight is 421 g/mol. The van der Waals surface area contributed by atoms with Crippen LogP contribution in [0, 0.1) is 6.92 Å². The number of aromatic nitrogens is 2. The van der Waals surface area contributed by atoms with E-state index in [0.717, 1.165) is 48.4 Å². The van der Waals surface area contributed by atoms with E-state index in [9.17, 15) is 4.79 Å². The number of hydrogen-bond donors (Lipinski definition) is 1. The third-order valence-electron chi connectivity index (χ3n) is 6.02. The van der Waals surface area contributed by atoms with E-state index in [1.165, 1.54) is 18.4 Å². The number of carbonyl (C=O) groups is 1. The van der Waals surface area contributed by atoms with Crippen molar-refractivity contribution in [2.75, 3.05) is 13.1 Å². The van der Waals surface area contributed by atoms with Gasteiger partial charge in [-0.05, 0) is 56.2 Å². The van der Waals surface area contributed by atoms with Crippen LogP contribution in [0.3, 0.4) is 0 Å². The second-order valence-corrected chi connectivity index (χ2v) is 8.62. The summed E-state index contributed by atoms with van der Waals surface area (Å²) in [5, 5.41) is 7.29. The van der Waals surface area contributed by atoms with Crippen LogP contribution in [0.25, 0.3) is 16.9 Å². The maximum atomic E-state index is 13.0. The van der Waals surface area contributed by atoms with E-state index in [2.05, 4.69) is 29.7 Å². The van der Waals surface area contributed by atoms with Gasteiger partial charge < -0.3 is 0 Å². The Morgan fingerprint density at radius 2 is 1.77 bits per heavy atom. The molecular formula is C24H25ClN4O. The Hall–Kier alpha value is -2.63. The number of amides is 1. The molecule has 0 unspecified atom stereocenters. The van der Waals surface area contributed by atoms with Gasteiger partial charge in [-0.15, -0.1) is 0 Å². The van der Waals surface area contributed by atoms with Crippen LogP contribution in [0.1, 0.15) is 53.2 Å². The molecule has 0 spiro atoms. The van der Waals surface area contributed by atoms with Crippen LogP contribution in [0.15, 0.2) is 48.5 Å². The fourth-order valence-electron chi connectivity index (χ4n) is 4.20. The number of halogens is 1. The number of nitrogens with one attached hydrogen (secondary N) is 1. The van der Waals surface area contributed by atoms with Crippen LogP contribution in [0.4, 0.5) is 0 Å². The summed E-state index contributed by atoms with van der Waals surface area (Å²) < 4.78 is 1.81. The van der Waals surface area contributed by atoms with Crippen molar-refractivity contribution in [3.63, 3.8) is 0 Å². The van der Waals surface area contributed by atoms with Crippen molar-refractivity contribution in [1.29, 1.82) is 0 Å². The fraction of sp³-hybridized carbons (Fsp3) is 0.333. The highest BCUT2D eigenvalue weighted by Gasteiger charge is 2.26. The summed E-state index contributed by atoms with van der Waals surface area (Å²) in [4.78, 5) is 13.0. The summed E-state index contributed by atoms with van der Waals surface area (Å²) in [5.74, 6) is 0.534. The zero-order valence-corrected chi connectivity index (χ0v) is 17.8. The first kappa shape index (κ1) is 19.3. The van der Waals surface area contributed by atoms with Crippen LogP contribution in [-0.4, -0.2) is 33.8 Å². The summed E-state index contributed by atoms with van der Waals surface area (Å²) in [6, 6.07) is 16.3. The standard InChI is InChI=1S/C24H25ClN4O/c1-16-22(24(30)27-28-14-4-5-15-28)26-29(21-7-3-2-6-20(21)25)23(16)19-12-10-18(11-13-19)17-8-9-17/h2-3,6-7,10-13,17H,4-5,8-9,14-15H2,1H3,(H,27,30). The lowest BCUT2D eigenvalue weighted by molar-refractivity contribution is 0.0819. The van der Waals surface area contributed by atoms with E-state index in [1.807, 2.05) is 40.9 Å². The zero-order chi connectivity index (χ0) is 20.7. The van der Waals surface area contributed by atoms with Gasteiger partial charge in [-0.1, -0.05) is 48.0 Å². The van der Waals surface area contributed by atoms with E-state index in [0.29, 0.717) is 16.6 Å². The summed E-state index contributed by atoms with van der Waals surface area (Å²) in [6.45, 7) is 3.72. The highest BCUT2D eigenvalue weighted by Crippen LogP contribution is 2.41. The lowest BCUT2D eigenvalue weighted by Crippen LogP contribution is -2.40. The van der Waals surface area contributed by atoms with Crippen molar-refractivity contribution in [2.45, 2.75) is 38.5 Å². The maximum absolute atomic E-state index is 13.0. The number of hydrazine groups is 1. The number of nitrogens with zero attached hydrogens (tertiary/aromatic N) is 3. The molecule has 1 saturated heterocycles. The minimum Gasteiger partial charge on any atom is -0.283 e. The summed E-state index contributed by atoms with van der Waals surface area (Å²) in [7, 11) is 0. The first-order chi connectivity index (χ1) is 14.6. The monoisotopic (exact) mass is 420 g/mol. The van der Waals surface area contributed by atoms with E-state index in [4.69, 9.17) is 16.7 Å². The number of carbonyl (C=O) groups excluding carboxylic acids is 1. The highest BCUT2D eigenvalue weighted by molar-refractivity contribution is 6.32. The molecule has 2 aromatic carbocycles. The van der Waals surface area contributed by atoms with Crippen LogP contribution in [-0.2, 0) is 0 Å². The molecule has 2 fully saturated rings. The van der Waals surface area contributed by atoms with E-state index < -0.39 is 0 Å². The van der Waals surface area contributed by atoms with Gasteiger partial charge in [0, 0.05) is 24.2 Å². The zero-order valence-electron chi connectivity index (χ0n) is 17.1. The third kappa shape index (κ3) is 3.64. The number of rotatable bonds is 5. The van der Waals surface area contributed by atoms with Crippen molar-refractivity contribution in [3.8, 4) is 16.9 Å². The molecule has 154 valence electrons. The van der Waals surface area contributed by atoms with Crippen molar-refractivity contribution in [2.24, 2.45) is 0 Å². The number of hydrogen-bond acceptors (Lipinski definition) is 3. The fourth-order valence-corrected chi connectivity index (χ4v) is 4.42. The maximum Gasteiger partial charge on any atom is 0.286 e. The molecule has 5 rings (SSSR count). The SMILES string of the molecule is Cc1c(C(=O)NN2CCCC2)nn(-c2ccccc2Cl)c1-c1ccc(C2CC2)cc1. The van der Waals surface area contributed by atoms with Crippen molar-refractivity contribution >= 4 is 17.5 Å². The van der Waals surface area contributed by atoms with Gasteiger partial charge in [0.25, 0.3) is 5.91 Å². The lowest BCUT2D eigenvalue weighted by Gasteiger charge is -2.15. The Labute approximate surface area is 181 Å². The molecule has 1 N–H and O–H groups in total. The first-order valence-corrected chi connectivity index (χ1v) is 11.0. The van der Waals surface area contributed by atoms with Crippen LogP contribution < -0.4 is 5.43 Å². The van der Waals surface area contributed by atoms with Crippen LogP contribution >= 0.6 is 11.6 Å². The minimum absolute atomic E-state index is 0.170. The molecule has 0 atom stereocenters. The topological polar surface area (TPSA) is 50.2 Å². The number of para-hydroxylation sites is 1. The Morgan fingerprint density at radius 1 is 1.07 bits per heavy atom. The summed E-state index contributed by atoms with van der Waals surface area (Å²) >= 11 is 6.50. The second kappa shape index (κ2) is 7.89. The molecule has 1 saturated carbocycles. The van der Waals surface area contributed by atoms with Crippen LogP contribution in [0.2, 0.25) is 5.02 Å². The first-order valence-electron chi connectivity index (χ1n) is 10.6. The van der Waals surface area contributed by atoms with Crippen molar-refractivity contribution in [1.82, 2.24) is 20.2 Å². The van der Waals surface area contributed by atoms with E-state index >= 15 is 0 Å². The number of benzene rings is 2. The average Bonchev–Trinajstić information content (AvgIpc) is 3.37. The normalized spacial score (nSPS) is 16.7. The van der Waals surface area contributed by atoms with Gasteiger partial charge in [-0.25, -0.2) is 9.69 Å².